The minimum absolute atomic E-state index is 0.0197. The van der Waals surface area contributed by atoms with Crippen LogP contribution in [-0.2, 0) is 16.1 Å². The Balaban J connectivity index is 1.55. The van der Waals surface area contributed by atoms with Crippen molar-refractivity contribution < 1.29 is 23.1 Å². The first-order chi connectivity index (χ1) is 19.9. The minimum Gasteiger partial charge on any atom is -0.492 e. The second-order valence-corrected chi connectivity index (χ2v) is 9.73. The molecule has 1 aromatic heterocycles. The molecule has 2 amide bonds. The largest absolute Gasteiger partial charge is 0.492 e. The highest BCUT2D eigenvalue weighted by molar-refractivity contribution is 6.02. The number of hydrogen-bond acceptors (Lipinski definition) is 6. The van der Waals surface area contributed by atoms with Crippen LogP contribution in [0.1, 0.15) is 44.2 Å². The van der Waals surface area contributed by atoms with E-state index in [1.54, 1.807) is 36.4 Å². The van der Waals surface area contributed by atoms with Crippen LogP contribution in [0.5, 0.6) is 5.75 Å². The minimum atomic E-state index is -1.15. The number of para-hydroxylation sites is 2. The van der Waals surface area contributed by atoms with E-state index >= 15 is 0 Å². The van der Waals surface area contributed by atoms with Crippen molar-refractivity contribution in [3.63, 3.8) is 0 Å². The number of amides is 2. The first-order valence-corrected chi connectivity index (χ1v) is 13.6. The summed E-state index contributed by atoms with van der Waals surface area (Å²) < 4.78 is 34.1. The topological polar surface area (TPSA) is 102 Å². The van der Waals surface area contributed by atoms with E-state index < -0.39 is 36.0 Å². The Bertz CT molecular complexity index is 1500. The molecule has 1 fully saturated rings. The fourth-order valence-corrected chi connectivity index (χ4v) is 5.02. The molecule has 3 aromatic carbocycles. The number of hydrogen-bond donors (Lipinski definition) is 1. The van der Waals surface area contributed by atoms with Crippen LogP contribution < -0.4 is 15.0 Å². The van der Waals surface area contributed by atoms with E-state index in [1.165, 1.54) is 41.3 Å². The third-order valence-corrected chi connectivity index (χ3v) is 6.93. The Labute approximate surface area is 236 Å². The van der Waals surface area contributed by atoms with Gasteiger partial charge in [0.2, 0.25) is 11.7 Å². The number of nitrogens with zero attached hydrogens (tertiary/aromatic N) is 5. The molecule has 0 spiro atoms. The number of benzene rings is 3. The smallest absolute Gasteiger partial charge is 0.251 e. The summed E-state index contributed by atoms with van der Waals surface area (Å²) in [6.45, 7) is 1.73. The monoisotopic (exact) mass is 560 g/mol. The van der Waals surface area contributed by atoms with E-state index in [9.17, 15) is 18.4 Å². The zero-order chi connectivity index (χ0) is 28.8. The summed E-state index contributed by atoms with van der Waals surface area (Å²) in [5, 5.41) is 15.2. The van der Waals surface area contributed by atoms with Gasteiger partial charge >= 0.3 is 0 Å². The molecule has 0 unspecified atom stereocenters. The predicted octanol–water partition coefficient (Wildman–Crippen LogP) is 4.85. The fraction of sp³-hybridized carbons (Fsp3) is 0.300. The molecular weight excluding hydrogens is 530 g/mol. The van der Waals surface area contributed by atoms with E-state index in [1.807, 2.05) is 6.92 Å². The molecule has 5 rings (SSSR count). The van der Waals surface area contributed by atoms with Crippen LogP contribution in [0, 0.1) is 11.6 Å². The van der Waals surface area contributed by atoms with E-state index in [0.717, 1.165) is 30.5 Å². The third-order valence-electron chi connectivity index (χ3n) is 6.93. The number of ether oxygens (including phenoxy) is 1. The summed E-state index contributed by atoms with van der Waals surface area (Å²) in [7, 11) is 0. The van der Waals surface area contributed by atoms with Crippen LogP contribution in [0.2, 0.25) is 0 Å². The van der Waals surface area contributed by atoms with Crippen LogP contribution in [0.25, 0.3) is 11.4 Å². The van der Waals surface area contributed by atoms with Gasteiger partial charge in [0.15, 0.2) is 0 Å². The SMILES string of the molecule is CCOc1ccccc1N(C(=O)Cn1nnc(-c2ccccc2F)n1)[C@@H](C(=O)NC1CCCC1)c1ccc(F)cc1. The number of rotatable bonds is 10. The van der Waals surface area contributed by atoms with Crippen LogP contribution >= 0.6 is 0 Å². The molecule has 0 saturated heterocycles. The average Bonchev–Trinajstić information content (AvgIpc) is 3.65. The van der Waals surface area contributed by atoms with Crippen molar-refractivity contribution in [2.24, 2.45) is 0 Å². The number of aromatic nitrogens is 4. The number of tetrazole rings is 1. The van der Waals surface area contributed by atoms with Crippen LogP contribution in [0.3, 0.4) is 0 Å². The molecule has 1 saturated carbocycles. The van der Waals surface area contributed by atoms with Crippen molar-refractivity contribution in [2.75, 3.05) is 11.5 Å². The lowest BCUT2D eigenvalue weighted by molar-refractivity contribution is -0.127. The van der Waals surface area contributed by atoms with Crippen molar-refractivity contribution in [3.8, 4) is 17.1 Å². The van der Waals surface area contributed by atoms with Crippen molar-refractivity contribution in [2.45, 2.75) is 51.2 Å². The summed E-state index contributed by atoms with van der Waals surface area (Å²) in [5.74, 6) is -1.53. The second-order valence-electron chi connectivity index (χ2n) is 9.73. The van der Waals surface area contributed by atoms with Gasteiger partial charge in [-0.2, -0.15) is 4.80 Å². The molecule has 1 N–H and O–H groups in total. The van der Waals surface area contributed by atoms with Gasteiger partial charge in [-0.05, 0) is 66.9 Å². The maximum absolute atomic E-state index is 14.3. The summed E-state index contributed by atoms with van der Waals surface area (Å²) in [6, 6.07) is 17.2. The Kier molecular flexibility index (Phi) is 8.61. The summed E-state index contributed by atoms with van der Waals surface area (Å²) >= 11 is 0. The Morgan fingerprint density at radius 1 is 1.02 bits per heavy atom. The summed E-state index contributed by atoms with van der Waals surface area (Å²) in [6.07, 6.45) is 3.69. The van der Waals surface area contributed by atoms with E-state index in [2.05, 4.69) is 20.7 Å². The molecule has 1 aliphatic rings. The predicted molar refractivity (Wildman–Crippen MR) is 148 cm³/mol. The maximum Gasteiger partial charge on any atom is 0.251 e. The average molecular weight is 561 g/mol. The Hall–Kier alpha value is -4.67. The molecule has 41 heavy (non-hydrogen) atoms. The number of halogens is 2. The van der Waals surface area contributed by atoms with Gasteiger partial charge in [0.25, 0.3) is 5.91 Å². The molecule has 0 aliphatic heterocycles. The third kappa shape index (κ3) is 6.40. The Morgan fingerprint density at radius 3 is 2.46 bits per heavy atom. The molecule has 1 heterocycles. The standard InChI is InChI=1S/C30H30F2N6O3/c1-2-41-26-14-8-7-13-25(26)38(27(39)19-37-35-29(34-36-37)23-11-5-6-12-24(23)32)28(20-15-17-21(31)18-16-20)30(40)33-22-9-3-4-10-22/h5-8,11-18,22,28H,2-4,9-10,19H2,1H3,(H,33,40)/t28-/m1/s1. The van der Waals surface area contributed by atoms with Crippen LogP contribution in [0.15, 0.2) is 72.8 Å². The van der Waals surface area contributed by atoms with E-state index in [4.69, 9.17) is 4.74 Å². The summed E-state index contributed by atoms with van der Waals surface area (Å²) in [5.41, 5.74) is 0.912. The second kappa shape index (κ2) is 12.7. The normalized spacial score (nSPS) is 14.0. The molecule has 0 bridgehead atoms. The molecular formula is C30H30F2N6O3. The van der Waals surface area contributed by atoms with Gasteiger partial charge in [-0.15, -0.1) is 10.2 Å². The van der Waals surface area contributed by atoms with Gasteiger partial charge in [-0.3, -0.25) is 14.5 Å². The molecule has 212 valence electrons. The lowest BCUT2D eigenvalue weighted by Crippen LogP contribution is -2.47. The lowest BCUT2D eigenvalue weighted by Gasteiger charge is -2.33. The summed E-state index contributed by atoms with van der Waals surface area (Å²) in [4.78, 5) is 30.4. The van der Waals surface area contributed by atoms with Gasteiger partial charge in [0, 0.05) is 6.04 Å². The lowest BCUT2D eigenvalue weighted by atomic mass is 10.0. The quantitative estimate of drug-likeness (QED) is 0.298. The van der Waals surface area contributed by atoms with Crippen LogP contribution in [0.4, 0.5) is 14.5 Å². The van der Waals surface area contributed by atoms with E-state index in [0.29, 0.717) is 23.6 Å². The molecule has 0 radical (unpaired) electrons. The highest BCUT2D eigenvalue weighted by Crippen LogP contribution is 2.36. The number of carbonyl (C=O) groups is 2. The van der Waals surface area contributed by atoms with Gasteiger partial charge in [-0.1, -0.05) is 49.2 Å². The molecule has 4 aromatic rings. The van der Waals surface area contributed by atoms with Crippen molar-refractivity contribution in [3.05, 3.63) is 90.0 Å². The van der Waals surface area contributed by atoms with Crippen molar-refractivity contribution in [1.82, 2.24) is 25.5 Å². The zero-order valence-electron chi connectivity index (χ0n) is 22.5. The maximum atomic E-state index is 14.3. The van der Waals surface area contributed by atoms with Gasteiger partial charge < -0.3 is 10.1 Å². The zero-order valence-corrected chi connectivity index (χ0v) is 22.5. The fourth-order valence-electron chi connectivity index (χ4n) is 5.02. The number of nitrogens with one attached hydrogen (secondary N) is 1. The van der Waals surface area contributed by atoms with Gasteiger partial charge in [0.1, 0.15) is 30.0 Å². The van der Waals surface area contributed by atoms with Crippen molar-refractivity contribution >= 4 is 17.5 Å². The van der Waals surface area contributed by atoms with Crippen molar-refractivity contribution in [1.29, 1.82) is 0 Å². The highest BCUT2D eigenvalue weighted by atomic mass is 19.1. The van der Waals surface area contributed by atoms with E-state index in [-0.39, 0.29) is 17.4 Å². The molecule has 1 aliphatic carbocycles. The van der Waals surface area contributed by atoms with Gasteiger partial charge in [0.05, 0.1) is 17.9 Å². The van der Waals surface area contributed by atoms with Gasteiger partial charge in [-0.25, -0.2) is 8.78 Å². The molecule has 11 heteroatoms. The first-order valence-electron chi connectivity index (χ1n) is 13.6. The number of carbonyl (C=O) groups excluding carboxylic acids is 2. The number of anilines is 1. The van der Waals surface area contributed by atoms with Crippen LogP contribution in [-0.4, -0.2) is 44.7 Å². The molecule has 1 atom stereocenters. The highest BCUT2D eigenvalue weighted by Gasteiger charge is 2.36. The Morgan fingerprint density at radius 2 is 1.73 bits per heavy atom. The first kappa shape index (κ1) is 27.9. The molecule has 9 nitrogen and oxygen atoms in total.